The molecular weight excluding hydrogens is 244 g/mol. The monoisotopic (exact) mass is 280 g/mol. The number of rotatable bonds is 5. The first-order valence-electron chi connectivity index (χ1n) is 8.77. The molecule has 0 amide bonds. The fourth-order valence-corrected chi connectivity index (χ4v) is 3.87. The molecule has 2 fully saturated rings. The van der Waals surface area contributed by atoms with Crippen molar-refractivity contribution in [3.05, 3.63) is 0 Å². The number of hydrogen-bond acceptors (Lipinski definition) is 2. The predicted molar refractivity (Wildman–Crippen MR) is 87.7 cm³/mol. The molecule has 0 heterocycles. The van der Waals surface area contributed by atoms with Crippen LogP contribution >= 0.6 is 0 Å². The summed E-state index contributed by atoms with van der Waals surface area (Å²) in [5.74, 6) is 2.34. The van der Waals surface area contributed by atoms with Gasteiger partial charge in [-0.25, -0.2) is 0 Å². The van der Waals surface area contributed by atoms with Crippen LogP contribution in [0.4, 0.5) is 0 Å². The first-order valence-corrected chi connectivity index (χ1v) is 8.77. The molecule has 0 bridgehead atoms. The van der Waals surface area contributed by atoms with E-state index in [4.69, 9.17) is 5.73 Å². The van der Waals surface area contributed by atoms with Gasteiger partial charge in [0.1, 0.15) is 0 Å². The van der Waals surface area contributed by atoms with Crippen molar-refractivity contribution in [3.63, 3.8) is 0 Å². The first-order chi connectivity index (χ1) is 9.27. The second kappa shape index (κ2) is 6.36. The van der Waals surface area contributed by atoms with Gasteiger partial charge in [-0.05, 0) is 55.3 Å². The van der Waals surface area contributed by atoms with E-state index >= 15 is 0 Å². The molecule has 3 unspecified atom stereocenters. The molecule has 2 heteroatoms. The third-order valence-electron chi connectivity index (χ3n) is 5.40. The summed E-state index contributed by atoms with van der Waals surface area (Å²) in [7, 11) is 0. The second-order valence-corrected chi connectivity index (χ2v) is 8.88. The molecule has 2 aliphatic carbocycles. The summed E-state index contributed by atoms with van der Waals surface area (Å²) in [5, 5.41) is 0. The van der Waals surface area contributed by atoms with Gasteiger partial charge >= 0.3 is 0 Å². The van der Waals surface area contributed by atoms with E-state index in [1.165, 1.54) is 45.2 Å². The Kier molecular flexibility index (Phi) is 5.18. The summed E-state index contributed by atoms with van der Waals surface area (Å²) in [6, 6.07) is 1.31. The van der Waals surface area contributed by atoms with E-state index in [-0.39, 0.29) is 0 Å². The fourth-order valence-electron chi connectivity index (χ4n) is 3.87. The molecule has 2 rings (SSSR count). The van der Waals surface area contributed by atoms with E-state index in [1.54, 1.807) is 0 Å². The quantitative estimate of drug-likeness (QED) is 0.827. The summed E-state index contributed by atoms with van der Waals surface area (Å²) < 4.78 is 0. The van der Waals surface area contributed by atoms with E-state index < -0.39 is 0 Å². The molecule has 2 aliphatic rings. The summed E-state index contributed by atoms with van der Waals surface area (Å²) in [6.07, 6.45) is 6.72. The summed E-state index contributed by atoms with van der Waals surface area (Å²) in [5.41, 5.74) is 6.90. The third-order valence-corrected chi connectivity index (χ3v) is 5.40. The maximum absolute atomic E-state index is 6.46. The number of nitrogens with zero attached hydrogens (tertiary/aromatic N) is 1. The average molecular weight is 280 g/mol. The van der Waals surface area contributed by atoms with E-state index in [0.717, 1.165) is 17.9 Å². The molecule has 0 aromatic heterocycles. The zero-order chi connectivity index (χ0) is 14.9. The van der Waals surface area contributed by atoms with Crippen LogP contribution in [0.2, 0.25) is 0 Å². The van der Waals surface area contributed by atoms with Gasteiger partial charge in [0.25, 0.3) is 0 Å². The van der Waals surface area contributed by atoms with Crippen LogP contribution in [0, 0.1) is 23.2 Å². The van der Waals surface area contributed by atoms with Crippen LogP contribution < -0.4 is 5.73 Å². The standard InChI is InChI=1S/C18H36N2/c1-13(2)11-20(16-7-8-16)12-14-10-15(18(3,4)5)6-9-17(14)19/h13-17H,6-12,19H2,1-5H3. The minimum Gasteiger partial charge on any atom is -0.327 e. The predicted octanol–water partition coefficient (Wildman–Crippen LogP) is 3.90. The maximum Gasteiger partial charge on any atom is 0.00966 e. The van der Waals surface area contributed by atoms with Gasteiger partial charge in [0.15, 0.2) is 0 Å². The lowest BCUT2D eigenvalue weighted by Crippen LogP contribution is -2.46. The molecule has 0 radical (unpaired) electrons. The van der Waals surface area contributed by atoms with Crippen molar-refractivity contribution in [2.24, 2.45) is 28.9 Å². The lowest BCUT2D eigenvalue weighted by Gasteiger charge is -2.42. The van der Waals surface area contributed by atoms with Crippen LogP contribution in [0.25, 0.3) is 0 Å². The Balaban J connectivity index is 1.94. The van der Waals surface area contributed by atoms with Crippen LogP contribution in [0.15, 0.2) is 0 Å². The van der Waals surface area contributed by atoms with Crippen molar-refractivity contribution < 1.29 is 0 Å². The highest BCUT2D eigenvalue weighted by Gasteiger charge is 2.37. The zero-order valence-corrected chi connectivity index (χ0v) is 14.4. The van der Waals surface area contributed by atoms with Crippen molar-refractivity contribution in [1.82, 2.24) is 4.90 Å². The van der Waals surface area contributed by atoms with Crippen molar-refractivity contribution in [2.45, 2.75) is 78.8 Å². The molecule has 2 nitrogen and oxygen atoms in total. The van der Waals surface area contributed by atoms with Crippen LogP contribution in [-0.4, -0.2) is 30.1 Å². The van der Waals surface area contributed by atoms with Crippen molar-refractivity contribution in [2.75, 3.05) is 13.1 Å². The lowest BCUT2D eigenvalue weighted by molar-refractivity contribution is 0.0923. The van der Waals surface area contributed by atoms with Crippen molar-refractivity contribution in [1.29, 1.82) is 0 Å². The lowest BCUT2D eigenvalue weighted by atomic mass is 9.67. The highest BCUT2D eigenvalue weighted by molar-refractivity contribution is 4.92. The van der Waals surface area contributed by atoms with Crippen LogP contribution in [-0.2, 0) is 0 Å². The maximum atomic E-state index is 6.46. The van der Waals surface area contributed by atoms with Crippen LogP contribution in [0.5, 0.6) is 0 Å². The third kappa shape index (κ3) is 4.46. The molecule has 2 N–H and O–H groups in total. The zero-order valence-electron chi connectivity index (χ0n) is 14.4. The topological polar surface area (TPSA) is 29.3 Å². The molecule has 0 saturated heterocycles. The van der Waals surface area contributed by atoms with Gasteiger partial charge in [0, 0.05) is 25.2 Å². The Bertz CT molecular complexity index is 301. The summed E-state index contributed by atoms with van der Waals surface area (Å²) >= 11 is 0. The Morgan fingerprint density at radius 1 is 1.10 bits per heavy atom. The molecule has 0 aliphatic heterocycles. The molecule has 0 aromatic carbocycles. The summed E-state index contributed by atoms with van der Waals surface area (Å²) in [6.45, 7) is 14.4. The first kappa shape index (κ1) is 16.3. The average Bonchev–Trinajstić information content (AvgIpc) is 3.12. The van der Waals surface area contributed by atoms with E-state index in [1.807, 2.05) is 0 Å². The van der Waals surface area contributed by atoms with Crippen molar-refractivity contribution in [3.8, 4) is 0 Å². The van der Waals surface area contributed by atoms with Gasteiger partial charge in [0.2, 0.25) is 0 Å². The van der Waals surface area contributed by atoms with E-state index in [9.17, 15) is 0 Å². The van der Waals surface area contributed by atoms with Gasteiger partial charge in [-0.3, -0.25) is 4.90 Å². The van der Waals surface area contributed by atoms with Gasteiger partial charge in [-0.2, -0.15) is 0 Å². The molecule has 0 spiro atoms. The van der Waals surface area contributed by atoms with Gasteiger partial charge in [0.05, 0.1) is 0 Å². The molecule has 2 saturated carbocycles. The molecule has 20 heavy (non-hydrogen) atoms. The molecule has 3 atom stereocenters. The van der Waals surface area contributed by atoms with Crippen molar-refractivity contribution >= 4 is 0 Å². The van der Waals surface area contributed by atoms with Gasteiger partial charge < -0.3 is 5.73 Å². The van der Waals surface area contributed by atoms with Gasteiger partial charge in [-0.1, -0.05) is 34.6 Å². The van der Waals surface area contributed by atoms with Crippen LogP contribution in [0.3, 0.4) is 0 Å². The largest absolute Gasteiger partial charge is 0.327 e. The molecule has 118 valence electrons. The highest BCUT2D eigenvalue weighted by Crippen LogP contribution is 2.41. The minimum absolute atomic E-state index is 0.432. The molecular formula is C18H36N2. The van der Waals surface area contributed by atoms with Gasteiger partial charge in [-0.15, -0.1) is 0 Å². The Morgan fingerprint density at radius 3 is 2.25 bits per heavy atom. The Hall–Kier alpha value is -0.0800. The van der Waals surface area contributed by atoms with E-state index in [0.29, 0.717) is 17.4 Å². The normalized spacial score (nSPS) is 32.1. The summed E-state index contributed by atoms with van der Waals surface area (Å²) in [4.78, 5) is 2.75. The molecule has 0 aromatic rings. The Morgan fingerprint density at radius 2 is 1.75 bits per heavy atom. The SMILES string of the molecule is CC(C)CN(CC1CC(C(C)(C)C)CCC1N)C1CC1. The number of nitrogens with two attached hydrogens (primary N) is 1. The fraction of sp³-hybridized carbons (Fsp3) is 1.00. The second-order valence-electron chi connectivity index (χ2n) is 8.88. The van der Waals surface area contributed by atoms with E-state index in [2.05, 4.69) is 39.5 Å². The van der Waals surface area contributed by atoms with Crippen LogP contribution in [0.1, 0.15) is 66.7 Å². The minimum atomic E-state index is 0.432. The number of hydrogen-bond donors (Lipinski definition) is 1. The highest BCUT2D eigenvalue weighted by atomic mass is 15.2. The Labute approximate surface area is 126 Å². The smallest absolute Gasteiger partial charge is 0.00966 e.